The van der Waals surface area contributed by atoms with Crippen molar-refractivity contribution in [1.29, 1.82) is 0 Å². The molecule has 0 fully saturated rings. The lowest BCUT2D eigenvalue weighted by atomic mass is 10.0. The molecule has 0 amide bonds. The third kappa shape index (κ3) is 1.42. The highest BCUT2D eigenvalue weighted by atomic mass is 14.9. The van der Waals surface area contributed by atoms with E-state index in [0.717, 1.165) is 6.54 Å². The summed E-state index contributed by atoms with van der Waals surface area (Å²) >= 11 is 0. The number of nitrogens with one attached hydrogen (secondary N) is 2. The van der Waals surface area contributed by atoms with Gasteiger partial charge in [0, 0.05) is 18.3 Å². The standard InChI is InChI=1S/C11H16N2/c1-8(12-2)10-5-3-4-9-6-7-13-11(9)10/h3-5,8,12-13H,6-7H2,1-2H3. The number of benzene rings is 1. The van der Waals surface area contributed by atoms with E-state index in [1.807, 2.05) is 7.05 Å². The van der Waals surface area contributed by atoms with Gasteiger partial charge >= 0.3 is 0 Å². The van der Waals surface area contributed by atoms with Crippen molar-refractivity contribution in [3.05, 3.63) is 29.3 Å². The van der Waals surface area contributed by atoms with Crippen molar-refractivity contribution in [2.45, 2.75) is 19.4 Å². The molecule has 0 radical (unpaired) electrons. The molecule has 2 nitrogen and oxygen atoms in total. The molecule has 2 rings (SSSR count). The van der Waals surface area contributed by atoms with Crippen LogP contribution in [-0.2, 0) is 6.42 Å². The fraction of sp³-hybridized carbons (Fsp3) is 0.455. The van der Waals surface area contributed by atoms with Crippen LogP contribution in [0.15, 0.2) is 18.2 Å². The molecular formula is C11H16N2. The lowest BCUT2D eigenvalue weighted by Gasteiger charge is -2.15. The van der Waals surface area contributed by atoms with Gasteiger partial charge in [0.25, 0.3) is 0 Å². The van der Waals surface area contributed by atoms with Crippen molar-refractivity contribution < 1.29 is 0 Å². The van der Waals surface area contributed by atoms with Crippen LogP contribution in [0.25, 0.3) is 0 Å². The Labute approximate surface area is 79.4 Å². The minimum atomic E-state index is 0.431. The van der Waals surface area contributed by atoms with E-state index >= 15 is 0 Å². The van der Waals surface area contributed by atoms with Gasteiger partial charge in [0.2, 0.25) is 0 Å². The first-order valence-electron chi connectivity index (χ1n) is 4.86. The summed E-state index contributed by atoms with van der Waals surface area (Å²) in [5.74, 6) is 0. The predicted octanol–water partition coefficient (Wildman–Crippen LogP) is 1.93. The highest BCUT2D eigenvalue weighted by Crippen LogP contribution is 2.30. The van der Waals surface area contributed by atoms with Crippen molar-refractivity contribution >= 4 is 5.69 Å². The Morgan fingerprint density at radius 1 is 1.46 bits per heavy atom. The number of para-hydroxylation sites is 1. The van der Waals surface area contributed by atoms with Crippen LogP contribution in [0.4, 0.5) is 5.69 Å². The maximum absolute atomic E-state index is 3.44. The summed E-state index contributed by atoms with van der Waals surface area (Å²) in [4.78, 5) is 0. The summed E-state index contributed by atoms with van der Waals surface area (Å²) in [6.45, 7) is 3.28. The molecule has 0 saturated heterocycles. The molecule has 1 aromatic carbocycles. The average Bonchev–Trinajstić information content (AvgIpc) is 2.63. The van der Waals surface area contributed by atoms with Gasteiger partial charge in [-0.1, -0.05) is 18.2 Å². The van der Waals surface area contributed by atoms with Gasteiger partial charge in [-0.3, -0.25) is 0 Å². The van der Waals surface area contributed by atoms with Gasteiger partial charge in [0.1, 0.15) is 0 Å². The van der Waals surface area contributed by atoms with Crippen LogP contribution in [0, 0.1) is 0 Å². The zero-order chi connectivity index (χ0) is 9.26. The van der Waals surface area contributed by atoms with Crippen LogP contribution >= 0.6 is 0 Å². The fourth-order valence-corrected chi connectivity index (χ4v) is 1.88. The van der Waals surface area contributed by atoms with Crippen molar-refractivity contribution in [3.8, 4) is 0 Å². The topological polar surface area (TPSA) is 24.1 Å². The molecule has 70 valence electrons. The van der Waals surface area contributed by atoms with Crippen LogP contribution < -0.4 is 10.6 Å². The molecular weight excluding hydrogens is 160 g/mol. The van der Waals surface area contributed by atoms with Crippen molar-refractivity contribution in [2.75, 3.05) is 18.9 Å². The number of fused-ring (bicyclic) bond motifs is 1. The van der Waals surface area contributed by atoms with E-state index in [4.69, 9.17) is 0 Å². The van der Waals surface area contributed by atoms with Gasteiger partial charge in [0.05, 0.1) is 0 Å². The first-order valence-corrected chi connectivity index (χ1v) is 4.86. The smallest absolute Gasteiger partial charge is 0.0421 e. The van der Waals surface area contributed by atoms with Crippen molar-refractivity contribution in [2.24, 2.45) is 0 Å². The summed E-state index contributed by atoms with van der Waals surface area (Å²) in [5.41, 5.74) is 4.20. The molecule has 2 heteroatoms. The largest absolute Gasteiger partial charge is 0.384 e. The minimum Gasteiger partial charge on any atom is -0.384 e. The second-order valence-corrected chi connectivity index (χ2v) is 3.57. The Morgan fingerprint density at radius 3 is 3.08 bits per heavy atom. The molecule has 0 bridgehead atoms. The second kappa shape index (κ2) is 3.38. The van der Waals surface area contributed by atoms with Crippen molar-refractivity contribution in [3.63, 3.8) is 0 Å². The molecule has 1 aliphatic heterocycles. The summed E-state index contributed by atoms with van der Waals surface area (Å²) < 4.78 is 0. The first-order chi connectivity index (χ1) is 6.33. The van der Waals surface area contributed by atoms with E-state index in [1.165, 1.54) is 23.2 Å². The lowest BCUT2D eigenvalue weighted by molar-refractivity contribution is 0.654. The zero-order valence-electron chi connectivity index (χ0n) is 8.22. The van der Waals surface area contributed by atoms with Crippen LogP contribution in [0.2, 0.25) is 0 Å². The molecule has 1 atom stereocenters. The van der Waals surface area contributed by atoms with Crippen molar-refractivity contribution in [1.82, 2.24) is 5.32 Å². The maximum atomic E-state index is 3.44. The van der Waals surface area contributed by atoms with Gasteiger partial charge in [-0.15, -0.1) is 0 Å². The molecule has 0 aromatic heterocycles. The van der Waals surface area contributed by atoms with E-state index < -0.39 is 0 Å². The monoisotopic (exact) mass is 176 g/mol. The molecule has 1 aliphatic rings. The van der Waals surface area contributed by atoms with E-state index in [0.29, 0.717) is 6.04 Å². The minimum absolute atomic E-state index is 0.431. The number of anilines is 1. The Balaban J connectivity index is 2.41. The van der Waals surface area contributed by atoms with Gasteiger partial charge in [0.15, 0.2) is 0 Å². The van der Waals surface area contributed by atoms with Gasteiger partial charge in [-0.05, 0) is 31.5 Å². The van der Waals surface area contributed by atoms with Crippen LogP contribution in [-0.4, -0.2) is 13.6 Å². The highest BCUT2D eigenvalue weighted by Gasteiger charge is 2.15. The van der Waals surface area contributed by atoms with Gasteiger partial charge in [-0.25, -0.2) is 0 Å². The third-order valence-electron chi connectivity index (χ3n) is 2.78. The summed E-state index contributed by atoms with van der Waals surface area (Å²) in [6, 6.07) is 6.98. The predicted molar refractivity (Wildman–Crippen MR) is 56.1 cm³/mol. The number of rotatable bonds is 2. The first kappa shape index (κ1) is 8.57. The summed E-state index contributed by atoms with van der Waals surface area (Å²) in [5, 5.41) is 6.71. The van der Waals surface area contributed by atoms with Gasteiger partial charge < -0.3 is 10.6 Å². The van der Waals surface area contributed by atoms with Crippen LogP contribution in [0.1, 0.15) is 24.1 Å². The quantitative estimate of drug-likeness (QED) is 0.719. The Kier molecular flexibility index (Phi) is 2.23. The molecule has 1 unspecified atom stereocenters. The van der Waals surface area contributed by atoms with Crippen LogP contribution in [0.3, 0.4) is 0 Å². The number of hydrogen-bond acceptors (Lipinski definition) is 2. The molecule has 13 heavy (non-hydrogen) atoms. The highest BCUT2D eigenvalue weighted by molar-refractivity contribution is 5.62. The molecule has 1 heterocycles. The summed E-state index contributed by atoms with van der Waals surface area (Å²) in [6.07, 6.45) is 1.17. The van der Waals surface area contributed by atoms with Gasteiger partial charge in [-0.2, -0.15) is 0 Å². The third-order valence-corrected chi connectivity index (χ3v) is 2.78. The molecule has 2 N–H and O–H groups in total. The molecule has 0 spiro atoms. The summed E-state index contributed by atoms with van der Waals surface area (Å²) in [7, 11) is 2.00. The second-order valence-electron chi connectivity index (χ2n) is 3.57. The molecule has 0 saturated carbocycles. The average molecular weight is 176 g/mol. The van der Waals surface area contributed by atoms with E-state index in [2.05, 4.69) is 35.8 Å². The lowest BCUT2D eigenvalue weighted by Crippen LogP contribution is -2.13. The van der Waals surface area contributed by atoms with Crippen LogP contribution in [0.5, 0.6) is 0 Å². The molecule has 0 aliphatic carbocycles. The van der Waals surface area contributed by atoms with E-state index in [-0.39, 0.29) is 0 Å². The molecule has 1 aromatic rings. The van der Waals surface area contributed by atoms with E-state index in [9.17, 15) is 0 Å². The maximum Gasteiger partial charge on any atom is 0.0421 e. The Hall–Kier alpha value is -1.02. The fourth-order valence-electron chi connectivity index (χ4n) is 1.88. The Morgan fingerprint density at radius 2 is 2.31 bits per heavy atom. The normalized spacial score (nSPS) is 16.5. The SMILES string of the molecule is CNC(C)c1cccc2c1NCC2. The Bertz CT molecular complexity index is 307. The number of hydrogen-bond donors (Lipinski definition) is 2. The zero-order valence-corrected chi connectivity index (χ0v) is 8.22. The van der Waals surface area contributed by atoms with E-state index in [1.54, 1.807) is 0 Å².